The van der Waals surface area contributed by atoms with Crippen LogP contribution in [0.2, 0.25) is 0 Å². The zero-order valence-electron chi connectivity index (χ0n) is 17.0. The number of fused-ring (bicyclic) bond motifs is 1. The van der Waals surface area contributed by atoms with Crippen molar-refractivity contribution in [3.63, 3.8) is 0 Å². The molecule has 154 valence electrons. The molecular weight excluding hydrogens is 378 g/mol. The molecule has 1 aromatic carbocycles. The van der Waals surface area contributed by atoms with Crippen molar-refractivity contribution in [2.45, 2.75) is 37.8 Å². The van der Waals surface area contributed by atoms with E-state index in [1.54, 1.807) is 34.2 Å². The first kappa shape index (κ1) is 20.1. The van der Waals surface area contributed by atoms with E-state index < -0.39 is 0 Å². The SMILES string of the molecule is CCCC#Cc1ccc([C@H]2[C@H](CO)N3C(=O)CN(C(=O)c4ccccn4)C[C@@H]23)cc1. The van der Waals surface area contributed by atoms with E-state index in [2.05, 4.69) is 23.7 Å². The molecule has 6 heteroatoms. The van der Waals surface area contributed by atoms with E-state index in [4.69, 9.17) is 0 Å². The number of benzene rings is 1. The largest absolute Gasteiger partial charge is 0.394 e. The average Bonchev–Trinajstić information content (AvgIpc) is 2.76. The van der Waals surface area contributed by atoms with Gasteiger partial charge in [-0.3, -0.25) is 14.6 Å². The van der Waals surface area contributed by atoms with E-state index in [0.29, 0.717) is 12.2 Å². The number of pyridine rings is 1. The van der Waals surface area contributed by atoms with Crippen molar-refractivity contribution in [1.82, 2.24) is 14.8 Å². The fourth-order valence-corrected chi connectivity index (χ4v) is 4.38. The predicted octanol–water partition coefficient (Wildman–Crippen LogP) is 2.04. The first-order valence-corrected chi connectivity index (χ1v) is 10.3. The van der Waals surface area contributed by atoms with E-state index >= 15 is 0 Å². The Bertz CT molecular complexity index is 978. The molecule has 2 aromatic rings. The third-order valence-corrected chi connectivity index (χ3v) is 5.83. The quantitative estimate of drug-likeness (QED) is 0.793. The van der Waals surface area contributed by atoms with Gasteiger partial charge in [0.1, 0.15) is 12.2 Å². The number of carbonyl (C=O) groups excluding carboxylic acids is 2. The van der Waals surface area contributed by atoms with Gasteiger partial charge >= 0.3 is 0 Å². The van der Waals surface area contributed by atoms with Crippen LogP contribution in [0.25, 0.3) is 0 Å². The van der Waals surface area contributed by atoms with Crippen LogP contribution in [0.5, 0.6) is 0 Å². The number of amides is 2. The number of hydrogen-bond donors (Lipinski definition) is 1. The van der Waals surface area contributed by atoms with Gasteiger partial charge < -0.3 is 14.9 Å². The van der Waals surface area contributed by atoms with Crippen LogP contribution in [0.15, 0.2) is 48.7 Å². The first-order chi connectivity index (χ1) is 14.6. The highest BCUT2D eigenvalue weighted by molar-refractivity contribution is 5.96. The highest BCUT2D eigenvalue weighted by Crippen LogP contribution is 2.43. The molecule has 6 nitrogen and oxygen atoms in total. The van der Waals surface area contributed by atoms with Gasteiger partial charge in [-0.2, -0.15) is 0 Å². The van der Waals surface area contributed by atoms with Gasteiger partial charge in [0.2, 0.25) is 5.91 Å². The molecule has 2 saturated heterocycles. The van der Waals surface area contributed by atoms with E-state index in [0.717, 1.165) is 24.0 Å². The van der Waals surface area contributed by atoms with Gasteiger partial charge in [0.25, 0.3) is 5.91 Å². The lowest BCUT2D eigenvalue weighted by atomic mass is 9.73. The Morgan fingerprint density at radius 3 is 2.70 bits per heavy atom. The third kappa shape index (κ3) is 3.69. The van der Waals surface area contributed by atoms with E-state index in [1.807, 2.05) is 24.3 Å². The number of aliphatic hydroxyl groups excluding tert-OH is 1. The maximum absolute atomic E-state index is 12.8. The summed E-state index contributed by atoms with van der Waals surface area (Å²) in [5.41, 5.74) is 2.34. The molecule has 2 aliphatic rings. The molecule has 3 heterocycles. The minimum Gasteiger partial charge on any atom is -0.394 e. The van der Waals surface area contributed by atoms with Crippen LogP contribution < -0.4 is 0 Å². The van der Waals surface area contributed by atoms with Gasteiger partial charge in [-0.15, -0.1) is 0 Å². The number of rotatable bonds is 4. The summed E-state index contributed by atoms with van der Waals surface area (Å²) >= 11 is 0. The third-order valence-electron chi connectivity index (χ3n) is 5.83. The zero-order chi connectivity index (χ0) is 21.1. The highest BCUT2D eigenvalue weighted by atomic mass is 16.3. The topological polar surface area (TPSA) is 73.7 Å². The van der Waals surface area contributed by atoms with Crippen LogP contribution in [0.1, 0.15) is 47.3 Å². The standard InChI is InChI=1S/C24H25N3O3/c1-2-3-4-7-17-9-11-18(12-10-17)23-20-14-26(15-22(29)27(20)21(23)16-28)24(30)19-8-5-6-13-25-19/h5-6,8-13,20-21,23,28H,2-3,14-16H2,1H3/t20-,21-,23+/m0/s1. The lowest BCUT2D eigenvalue weighted by Gasteiger charge is -2.58. The molecule has 2 fully saturated rings. The second-order valence-electron chi connectivity index (χ2n) is 7.72. The Labute approximate surface area is 176 Å². The van der Waals surface area contributed by atoms with Gasteiger partial charge in [0.15, 0.2) is 0 Å². The fraction of sp³-hybridized carbons (Fsp3) is 0.375. The molecule has 0 radical (unpaired) electrons. The molecule has 4 rings (SSSR count). The summed E-state index contributed by atoms with van der Waals surface area (Å²) in [5, 5.41) is 9.92. The zero-order valence-corrected chi connectivity index (χ0v) is 17.0. The van der Waals surface area contributed by atoms with E-state index in [1.165, 1.54) is 0 Å². The van der Waals surface area contributed by atoms with Crippen molar-refractivity contribution in [1.29, 1.82) is 0 Å². The molecule has 0 spiro atoms. The number of aliphatic hydroxyl groups is 1. The maximum atomic E-state index is 12.8. The van der Waals surface area contributed by atoms with Crippen LogP contribution in [-0.2, 0) is 4.79 Å². The number of unbranched alkanes of at least 4 members (excludes halogenated alkanes) is 1. The molecule has 0 bridgehead atoms. The minimum absolute atomic E-state index is 0.0150. The normalized spacial score (nSPS) is 22.6. The lowest BCUT2D eigenvalue weighted by molar-refractivity contribution is -0.159. The summed E-state index contributed by atoms with van der Waals surface area (Å²) in [6.45, 7) is 2.45. The summed E-state index contributed by atoms with van der Waals surface area (Å²) in [5.74, 6) is 5.90. The van der Waals surface area contributed by atoms with Crippen molar-refractivity contribution in [3.05, 3.63) is 65.5 Å². The monoisotopic (exact) mass is 403 g/mol. The highest BCUT2D eigenvalue weighted by Gasteiger charge is 2.54. The van der Waals surface area contributed by atoms with E-state index in [-0.39, 0.29) is 43.0 Å². The van der Waals surface area contributed by atoms with Crippen molar-refractivity contribution in [2.24, 2.45) is 0 Å². The fourth-order valence-electron chi connectivity index (χ4n) is 4.38. The minimum atomic E-state index is -0.258. The smallest absolute Gasteiger partial charge is 0.272 e. The molecule has 1 aromatic heterocycles. The first-order valence-electron chi connectivity index (χ1n) is 10.3. The average molecular weight is 403 g/mol. The summed E-state index contributed by atoms with van der Waals surface area (Å²) in [4.78, 5) is 33.0. The number of carbonyl (C=O) groups is 2. The second kappa shape index (κ2) is 8.68. The second-order valence-corrected chi connectivity index (χ2v) is 7.72. The molecule has 2 aliphatic heterocycles. The van der Waals surface area contributed by atoms with Crippen LogP contribution in [0.3, 0.4) is 0 Å². The van der Waals surface area contributed by atoms with Crippen molar-refractivity contribution in [3.8, 4) is 11.8 Å². The maximum Gasteiger partial charge on any atom is 0.272 e. The lowest BCUT2D eigenvalue weighted by Crippen LogP contribution is -2.73. The molecule has 3 atom stereocenters. The van der Waals surface area contributed by atoms with Gasteiger partial charge in [-0.05, 0) is 36.2 Å². The van der Waals surface area contributed by atoms with Gasteiger partial charge in [0.05, 0.1) is 18.7 Å². The predicted molar refractivity (Wildman–Crippen MR) is 113 cm³/mol. The van der Waals surface area contributed by atoms with E-state index in [9.17, 15) is 14.7 Å². The Morgan fingerprint density at radius 2 is 2.03 bits per heavy atom. The number of hydrogen-bond acceptors (Lipinski definition) is 4. The number of aromatic nitrogens is 1. The van der Waals surface area contributed by atoms with Crippen LogP contribution in [0, 0.1) is 11.8 Å². The molecule has 2 amide bonds. The Balaban J connectivity index is 1.54. The summed E-state index contributed by atoms with van der Waals surface area (Å²) in [6, 6.07) is 12.8. The molecule has 0 aliphatic carbocycles. The van der Waals surface area contributed by atoms with Gasteiger partial charge in [-0.1, -0.05) is 37.0 Å². The summed E-state index contributed by atoms with van der Waals surface area (Å²) in [7, 11) is 0. The summed E-state index contributed by atoms with van der Waals surface area (Å²) in [6.07, 6.45) is 3.48. The van der Waals surface area contributed by atoms with Crippen LogP contribution in [-0.4, -0.2) is 63.5 Å². The molecule has 1 N–H and O–H groups in total. The Kier molecular flexibility index (Phi) is 5.82. The Morgan fingerprint density at radius 1 is 1.23 bits per heavy atom. The van der Waals surface area contributed by atoms with Crippen molar-refractivity contribution >= 4 is 11.8 Å². The number of nitrogens with zero attached hydrogens (tertiary/aromatic N) is 3. The number of piperazine rings is 1. The molecular formula is C24H25N3O3. The molecule has 30 heavy (non-hydrogen) atoms. The van der Waals surface area contributed by atoms with Crippen molar-refractivity contribution < 1.29 is 14.7 Å². The van der Waals surface area contributed by atoms with Crippen LogP contribution in [0.4, 0.5) is 0 Å². The van der Waals surface area contributed by atoms with Crippen molar-refractivity contribution in [2.75, 3.05) is 19.7 Å². The summed E-state index contributed by atoms with van der Waals surface area (Å²) < 4.78 is 0. The molecule has 0 unspecified atom stereocenters. The van der Waals surface area contributed by atoms with Crippen LogP contribution >= 0.6 is 0 Å². The Hall–Kier alpha value is -3.17. The van der Waals surface area contributed by atoms with Gasteiger partial charge in [-0.25, -0.2) is 0 Å². The van der Waals surface area contributed by atoms with Gasteiger partial charge in [0, 0.05) is 30.6 Å². The molecule has 0 saturated carbocycles.